The Morgan fingerprint density at radius 1 is 1.03 bits per heavy atom. The first-order chi connectivity index (χ1) is 16.5. The van der Waals surface area contributed by atoms with Crippen molar-refractivity contribution in [3.63, 3.8) is 0 Å². The van der Waals surface area contributed by atoms with Crippen molar-refractivity contribution in [3.05, 3.63) is 90.3 Å². The van der Waals surface area contributed by atoms with E-state index in [1.54, 1.807) is 30.6 Å². The molecule has 2 heterocycles. The zero-order chi connectivity index (χ0) is 24.3. The maximum Gasteiger partial charge on any atom is 0.266 e. The molecular formula is C25H26N6O3. The standard InChI is InChI=1S/C17H17N5O2.C8H9NO/c1-19-12-2-4-13(5-3-12)24-14-6-7-20-16(9-14)15-8-11(10-21-15)17(23)22-18;1-7-3-2-4-8(5-7)9-6-10/h2-10,19,21H,18H2,1H3,(H,22,23);2-6H,1H3,(H,9,10). The van der Waals surface area contributed by atoms with E-state index in [0.29, 0.717) is 29.1 Å². The average molecular weight is 459 g/mol. The van der Waals surface area contributed by atoms with Crippen molar-refractivity contribution in [2.24, 2.45) is 5.84 Å². The third kappa shape index (κ3) is 6.68. The van der Waals surface area contributed by atoms with Gasteiger partial charge in [0.25, 0.3) is 5.91 Å². The molecule has 0 radical (unpaired) electrons. The summed E-state index contributed by atoms with van der Waals surface area (Å²) in [6.45, 7) is 1.98. The van der Waals surface area contributed by atoms with Gasteiger partial charge in [0.2, 0.25) is 6.41 Å². The fourth-order valence-corrected chi connectivity index (χ4v) is 3.01. The van der Waals surface area contributed by atoms with Gasteiger partial charge in [-0.15, -0.1) is 0 Å². The second-order valence-electron chi connectivity index (χ2n) is 7.16. The molecule has 0 aliphatic heterocycles. The number of aromatic amines is 1. The van der Waals surface area contributed by atoms with Crippen LogP contribution in [-0.2, 0) is 4.79 Å². The number of aromatic nitrogens is 2. The monoisotopic (exact) mass is 458 g/mol. The Bertz CT molecular complexity index is 1240. The zero-order valence-electron chi connectivity index (χ0n) is 18.8. The lowest BCUT2D eigenvalue weighted by Gasteiger charge is -2.07. The highest BCUT2D eigenvalue weighted by Crippen LogP contribution is 2.26. The summed E-state index contributed by atoms with van der Waals surface area (Å²) in [5, 5.41) is 5.62. The van der Waals surface area contributed by atoms with Crippen LogP contribution in [-0.4, -0.2) is 29.3 Å². The summed E-state index contributed by atoms with van der Waals surface area (Å²) in [6.07, 6.45) is 3.90. The molecule has 4 rings (SSSR count). The number of carbonyl (C=O) groups is 2. The number of ether oxygens (including phenoxy) is 1. The molecule has 0 atom stereocenters. The highest BCUT2D eigenvalue weighted by Gasteiger charge is 2.10. The van der Waals surface area contributed by atoms with Gasteiger partial charge in [0.05, 0.1) is 17.0 Å². The van der Waals surface area contributed by atoms with Crippen molar-refractivity contribution in [2.45, 2.75) is 6.92 Å². The summed E-state index contributed by atoms with van der Waals surface area (Å²) < 4.78 is 5.83. The van der Waals surface area contributed by atoms with Gasteiger partial charge in [0, 0.05) is 36.9 Å². The Balaban J connectivity index is 0.000000271. The summed E-state index contributed by atoms with van der Waals surface area (Å²) in [4.78, 5) is 28.8. The number of aryl methyl sites for hydroxylation is 1. The summed E-state index contributed by atoms with van der Waals surface area (Å²) in [7, 11) is 1.86. The largest absolute Gasteiger partial charge is 0.457 e. The summed E-state index contributed by atoms with van der Waals surface area (Å²) in [6, 6.07) is 20.5. The number of benzene rings is 2. The van der Waals surface area contributed by atoms with Crippen molar-refractivity contribution in [2.75, 3.05) is 17.7 Å². The lowest BCUT2D eigenvalue weighted by molar-refractivity contribution is -0.105. The zero-order valence-corrected chi connectivity index (χ0v) is 18.8. The van der Waals surface area contributed by atoms with Crippen molar-refractivity contribution in [3.8, 4) is 22.9 Å². The van der Waals surface area contributed by atoms with Crippen molar-refractivity contribution < 1.29 is 14.3 Å². The van der Waals surface area contributed by atoms with E-state index < -0.39 is 0 Å². The van der Waals surface area contributed by atoms with Crippen LogP contribution in [0.3, 0.4) is 0 Å². The number of nitrogen functional groups attached to an aromatic ring is 1. The minimum Gasteiger partial charge on any atom is -0.457 e. The smallest absolute Gasteiger partial charge is 0.266 e. The Morgan fingerprint density at radius 2 is 1.82 bits per heavy atom. The van der Waals surface area contributed by atoms with Gasteiger partial charge in [-0.25, -0.2) is 5.84 Å². The SMILES string of the molecule is CNc1ccc(Oc2ccnc(-c3cc(C(=O)NN)c[nH]3)c2)cc1.Cc1cccc(NC=O)c1. The van der Waals surface area contributed by atoms with Gasteiger partial charge in [-0.3, -0.25) is 20.0 Å². The second-order valence-corrected chi connectivity index (χ2v) is 7.16. The molecule has 2 amide bonds. The number of nitrogens with one attached hydrogen (secondary N) is 4. The predicted molar refractivity (Wildman–Crippen MR) is 133 cm³/mol. The Kier molecular flexibility index (Phi) is 8.36. The molecule has 6 N–H and O–H groups in total. The molecule has 0 aliphatic carbocycles. The van der Waals surface area contributed by atoms with Crippen molar-refractivity contribution in [1.82, 2.24) is 15.4 Å². The maximum atomic E-state index is 11.5. The lowest BCUT2D eigenvalue weighted by atomic mass is 10.2. The van der Waals surface area contributed by atoms with Crippen LogP contribution in [0.1, 0.15) is 15.9 Å². The van der Waals surface area contributed by atoms with Gasteiger partial charge < -0.3 is 20.4 Å². The number of H-pyrrole nitrogens is 1. The number of hydrazine groups is 1. The molecule has 2 aromatic carbocycles. The molecule has 2 aromatic heterocycles. The van der Waals surface area contributed by atoms with E-state index >= 15 is 0 Å². The normalized spacial score (nSPS) is 9.85. The van der Waals surface area contributed by atoms with E-state index in [-0.39, 0.29) is 5.91 Å². The molecular weight excluding hydrogens is 432 g/mol. The minimum absolute atomic E-state index is 0.366. The van der Waals surface area contributed by atoms with Gasteiger partial charge >= 0.3 is 0 Å². The molecule has 0 spiro atoms. The second kappa shape index (κ2) is 11.8. The van der Waals surface area contributed by atoms with E-state index in [4.69, 9.17) is 10.6 Å². The summed E-state index contributed by atoms with van der Waals surface area (Å²) >= 11 is 0. The first-order valence-electron chi connectivity index (χ1n) is 10.4. The molecule has 0 aliphatic rings. The van der Waals surface area contributed by atoms with Crippen LogP contribution in [0.25, 0.3) is 11.4 Å². The van der Waals surface area contributed by atoms with Gasteiger partial charge in [-0.1, -0.05) is 12.1 Å². The van der Waals surface area contributed by atoms with E-state index in [1.165, 1.54) is 0 Å². The van der Waals surface area contributed by atoms with Gasteiger partial charge in [0.1, 0.15) is 11.5 Å². The Labute approximate surface area is 197 Å². The first-order valence-corrected chi connectivity index (χ1v) is 10.4. The van der Waals surface area contributed by atoms with Crippen molar-refractivity contribution in [1.29, 1.82) is 0 Å². The number of pyridine rings is 1. The molecule has 174 valence electrons. The van der Waals surface area contributed by atoms with E-state index in [9.17, 15) is 9.59 Å². The molecule has 0 bridgehead atoms. The highest BCUT2D eigenvalue weighted by molar-refractivity contribution is 5.94. The number of rotatable bonds is 7. The third-order valence-electron chi connectivity index (χ3n) is 4.71. The summed E-state index contributed by atoms with van der Waals surface area (Å²) in [5.74, 6) is 6.14. The lowest BCUT2D eigenvalue weighted by Crippen LogP contribution is -2.29. The molecule has 9 nitrogen and oxygen atoms in total. The topological polar surface area (TPSA) is 134 Å². The molecule has 0 unspecified atom stereocenters. The fourth-order valence-electron chi connectivity index (χ4n) is 3.01. The third-order valence-corrected chi connectivity index (χ3v) is 4.71. The Morgan fingerprint density at radius 3 is 2.50 bits per heavy atom. The van der Waals surface area contributed by atoms with E-state index in [2.05, 4.69) is 26.0 Å². The quantitative estimate of drug-likeness (QED) is 0.123. The number of hydrogen-bond acceptors (Lipinski definition) is 6. The Hall–Kier alpha value is -4.63. The fraction of sp³-hybridized carbons (Fsp3) is 0.0800. The molecule has 0 saturated carbocycles. The minimum atomic E-state index is -0.366. The van der Waals surface area contributed by atoms with E-state index in [0.717, 1.165) is 22.7 Å². The number of nitrogens with zero attached hydrogens (tertiary/aromatic N) is 1. The van der Waals surface area contributed by atoms with Gasteiger partial charge in [0.15, 0.2) is 0 Å². The van der Waals surface area contributed by atoms with Crippen LogP contribution in [0, 0.1) is 6.92 Å². The van der Waals surface area contributed by atoms with Crippen LogP contribution < -0.4 is 26.6 Å². The molecule has 4 aromatic rings. The van der Waals surface area contributed by atoms with Crippen LogP contribution in [0.2, 0.25) is 0 Å². The number of carbonyl (C=O) groups excluding carboxylic acids is 2. The van der Waals surface area contributed by atoms with Crippen LogP contribution in [0.15, 0.2) is 79.1 Å². The predicted octanol–water partition coefficient (Wildman–Crippen LogP) is 4.08. The van der Waals surface area contributed by atoms with Crippen molar-refractivity contribution >= 4 is 23.7 Å². The average Bonchev–Trinajstić information content (AvgIpc) is 3.35. The van der Waals surface area contributed by atoms with Crippen LogP contribution >= 0.6 is 0 Å². The number of amides is 2. The molecule has 0 saturated heterocycles. The summed E-state index contributed by atoms with van der Waals surface area (Å²) in [5.41, 5.74) is 6.88. The molecule has 0 fully saturated rings. The number of hydrogen-bond donors (Lipinski definition) is 5. The van der Waals surface area contributed by atoms with Crippen LogP contribution in [0.5, 0.6) is 11.5 Å². The first kappa shape index (κ1) is 24.0. The van der Waals surface area contributed by atoms with Crippen LogP contribution in [0.4, 0.5) is 11.4 Å². The van der Waals surface area contributed by atoms with E-state index in [1.807, 2.05) is 62.5 Å². The number of anilines is 2. The highest BCUT2D eigenvalue weighted by atomic mass is 16.5. The molecule has 34 heavy (non-hydrogen) atoms. The van der Waals surface area contributed by atoms with Gasteiger partial charge in [-0.05, 0) is 61.0 Å². The molecule has 9 heteroatoms. The maximum absolute atomic E-state index is 11.5. The number of nitrogens with two attached hydrogens (primary N) is 1. The van der Waals surface area contributed by atoms with Gasteiger partial charge in [-0.2, -0.15) is 0 Å².